The van der Waals surface area contributed by atoms with Gasteiger partial charge in [-0.2, -0.15) is 0 Å². The van der Waals surface area contributed by atoms with Gasteiger partial charge < -0.3 is 4.90 Å². The molecule has 0 spiro atoms. The van der Waals surface area contributed by atoms with Gasteiger partial charge in [0.2, 0.25) is 0 Å². The lowest BCUT2D eigenvalue weighted by Gasteiger charge is -2.05. The Bertz CT molecular complexity index is 82.7. The molecule has 0 aliphatic carbocycles. The van der Waals surface area contributed by atoms with Crippen LogP contribution in [-0.2, 0) is 0 Å². The summed E-state index contributed by atoms with van der Waals surface area (Å²) in [6, 6.07) is 0. The lowest BCUT2D eigenvalue weighted by Crippen LogP contribution is -2.01. The summed E-state index contributed by atoms with van der Waals surface area (Å²) >= 11 is 0. The molecular weight excluding hydrogens is 122 g/mol. The Balaban J connectivity index is 0. The minimum absolute atomic E-state index is 1.15. The minimum Gasteiger partial charge on any atom is -0.384 e. The minimum atomic E-state index is 1.15. The highest BCUT2D eigenvalue weighted by atomic mass is 15.0. The molecule has 0 radical (unpaired) electrons. The van der Waals surface area contributed by atoms with Gasteiger partial charge in [-0.1, -0.05) is 26.3 Å². The quantitative estimate of drug-likeness (QED) is 0.574. The summed E-state index contributed by atoms with van der Waals surface area (Å²) in [5.74, 6) is 0. The van der Waals surface area contributed by atoms with Crippen molar-refractivity contribution >= 4 is 0 Å². The summed E-state index contributed by atoms with van der Waals surface area (Å²) in [5, 5.41) is 0. The number of hydrogen-bond acceptors (Lipinski definition) is 1. The standard InChI is InChI=1S/C7H15N.C2H6/c1-5-7(2)6-8(3)4;1-2/h6H,5H2,1-4H3;1-2H3/b7-6+;. The first-order valence-corrected chi connectivity index (χ1v) is 4.00. The van der Waals surface area contributed by atoms with E-state index in [-0.39, 0.29) is 0 Å². The molecule has 0 rings (SSSR count). The summed E-state index contributed by atoms with van der Waals surface area (Å²) in [4.78, 5) is 2.07. The van der Waals surface area contributed by atoms with Crippen molar-refractivity contribution in [1.82, 2.24) is 4.90 Å². The molecule has 0 saturated carbocycles. The second kappa shape index (κ2) is 8.54. The number of nitrogens with zero attached hydrogens (tertiary/aromatic N) is 1. The number of rotatable bonds is 2. The van der Waals surface area contributed by atoms with Gasteiger partial charge in [0, 0.05) is 14.1 Å². The van der Waals surface area contributed by atoms with Crippen molar-refractivity contribution in [1.29, 1.82) is 0 Å². The van der Waals surface area contributed by atoms with Crippen molar-refractivity contribution in [2.75, 3.05) is 14.1 Å². The van der Waals surface area contributed by atoms with Crippen molar-refractivity contribution < 1.29 is 0 Å². The van der Waals surface area contributed by atoms with Gasteiger partial charge in [0.15, 0.2) is 0 Å². The normalized spacial score (nSPS) is 10.0. The van der Waals surface area contributed by atoms with Crippen molar-refractivity contribution in [2.24, 2.45) is 0 Å². The third-order valence-corrected chi connectivity index (χ3v) is 1.04. The van der Waals surface area contributed by atoms with Gasteiger partial charge in [-0.15, -0.1) is 0 Å². The summed E-state index contributed by atoms with van der Waals surface area (Å²) in [6.07, 6.45) is 3.29. The van der Waals surface area contributed by atoms with Crippen LogP contribution in [0.15, 0.2) is 11.8 Å². The lowest BCUT2D eigenvalue weighted by molar-refractivity contribution is 0.556. The highest BCUT2D eigenvalue weighted by molar-refractivity contribution is 4.94. The third-order valence-electron chi connectivity index (χ3n) is 1.04. The van der Waals surface area contributed by atoms with Crippen molar-refractivity contribution in [3.63, 3.8) is 0 Å². The predicted molar refractivity (Wildman–Crippen MR) is 49.1 cm³/mol. The summed E-state index contributed by atoms with van der Waals surface area (Å²) in [7, 11) is 4.08. The second-order valence-electron chi connectivity index (χ2n) is 2.29. The van der Waals surface area contributed by atoms with Crippen LogP contribution in [0.4, 0.5) is 0 Å². The van der Waals surface area contributed by atoms with E-state index in [1.54, 1.807) is 0 Å². The molecule has 0 fully saturated rings. The second-order valence-corrected chi connectivity index (χ2v) is 2.29. The average Bonchev–Trinajstić information content (AvgIpc) is 1.91. The Morgan fingerprint density at radius 3 is 1.80 bits per heavy atom. The van der Waals surface area contributed by atoms with Gasteiger partial charge in [-0.25, -0.2) is 0 Å². The molecule has 0 bridgehead atoms. The molecule has 0 heterocycles. The van der Waals surface area contributed by atoms with Gasteiger partial charge in [0.1, 0.15) is 0 Å². The van der Waals surface area contributed by atoms with Crippen LogP contribution in [0.3, 0.4) is 0 Å². The predicted octanol–water partition coefficient (Wildman–Crippen LogP) is 2.89. The van der Waals surface area contributed by atoms with Crippen LogP contribution in [-0.4, -0.2) is 19.0 Å². The monoisotopic (exact) mass is 143 g/mol. The molecule has 1 heteroatoms. The Kier molecular flexibility index (Phi) is 10.5. The third kappa shape index (κ3) is 10.5. The SMILES string of the molecule is CC.CC/C(C)=C/N(C)C. The van der Waals surface area contributed by atoms with Crippen LogP contribution in [0.25, 0.3) is 0 Å². The summed E-state index contributed by atoms with van der Waals surface area (Å²) in [5.41, 5.74) is 1.43. The highest BCUT2D eigenvalue weighted by Gasteiger charge is 1.81. The van der Waals surface area contributed by atoms with E-state index in [1.807, 2.05) is 27.9 Å². The Morgan fingerprint density at radius 2 is 1.70 bits per heavy atom. The van der Waals surface area contributed by atoms with E-state index in [9.17, 15) is 0 Å². The maximum absolute atomic E-state index is 2.16. The van der Waals surface area contributed by atoms with E-state index in [0.29, 0.717) is 0 Å². The molecule has 0 aromatic rings. The molecule has 0 aromatic heterocycles. The van der Waals surface area contributed by atoms with Gasteiger partial charge >= 0.3 is 0 Å². The lowest BCUT2D eigenvalue weighted by atomic mass is 10.2. The zero-order chi connectivity index (χ0) is 8.57. The molecule has 0 unspecified atom stereocenters. The first-order valence-electron chi connectivity index (χ1n) is 4.00. The van der Waals surface area contributed by atoms with E-state index >= 15 is 0 Å². The maximum Gasteiger partial charge on any atom is 0.00556 e. The highest BCUT2D eigenvalue weighted by Crippen LogP contribution is 1.97. The van der Waals surface area contributed by atoms with Crippen molar-refractivity contribution in [3.8, 4) is 0 Å². The van der Waals surface area contributed by atoms with Crippen LogP contribution in [0.2, 0.25) is 0 Å². The van der Waals surface area contributed by atoms with Crippen molar-refractivity contribution in [2.45, 2.75) is 34.1 Å². The Hall–Kier alpha value is -0.460. The molecule has 0 amide bonds. The van der Waals surface area contributed by atoms with E-state index in [4.69, 9.17) is 0 Å². The fourth-order valence-corrected chi connectivity index (χ4v) is 0.532. The fourth-order valence-electron chi connectivity index (χ4n) is 0.532. The fraction of sp³-hybridized carbons (Fsp3) is 0.778. The van der Waals surface area contributed by atoms with Crippen molar-refractivity contribution in [3.05, 3.63) is 11.8 Å². The molecule has 0 atom stereocenters. The van der Waals surface area contributed by atoms with Crippen LogP contribution >= 0.6 is 0 Å². The molecule has 0 aliphatic rings. The molecule has 0 saturated heterocycles. The first kappa shape index (κ1) is 12.2. The van der Waals surface area contributed by atoms with Crippen LogP contribution in [0.1, 0.15) is 34.1 Å². The summed E-state index contributed by atoms with van der Waals surface area (Å²) in [6.45, 7) is 8.30. The Labute approximate surface area is 65.7 Å². The Morgan fingerprint density at radius 1 is 1.30 bits per heavy atom. The van der Waals surface area contributed by atoms with E-state index < -0.39 is 0 Å². The summed E-state index contributed by atoms with van der Waals surface area (Å²) < 4.78 is 0. The largest absolute Gasteiger partial charge is 0.384 e. The smallest absolute Gasteiger partial charge is 0.00556 e. The van der Waals surface area contributed by atoms with Gasteiger partial charge in [-0.3, -0.25) is 0 Å². The zero-order valence-electron chi connectivity index (χ0n) is 8.23. The van der Waals surface area contributed by atoms with Crippen LogP contribution in [0, 0.1) is 0 Å². The van der Waals surface area contributed by atoms with Crippen LogP contribution in [0.5, 0.6) is 0 Å². The van der Waals surface area contributed by atoms with E-state index in [2.05, 4.69) is 24.9 Å². The molecule has 1 nitrogen and oxygen atoms in total. The molecule has 10 heavy (non-hydrogen) atoms. The molecule has 0 N–H and O–H groups in total. The van der Waals surface area contributed by atoms with Crippen LogP contribution < -0.4 is 0 Å². The zero-order valence-corrected chi connectivity index (χ0v) is 8.23. The van der Waals surface area contributed by atoms with Gasteiger partial charge in [-0.05, 0) is 19.5 Å². The number of allylic oxidation sites excluding steroid dienone is 1. The molecule has 62 valence electrons. The molecule has 0 aliphatic heterocycles. The topological polar surface area (TPSA) is 3.24 Å². The van der Waals surface area contributed by atoms with Gasteiger partial charge in [0.05, 0.1) is 0 Å². The van der Waals surface area contributed by atoms with E-state index in [1.165, 1.54) is 5.57 Å². The number of hydrogen-bond donors (Lipinski definition) is 0. The molecular formula is C9H21N. The average molecular weight is 143 g/mol. The first-order chi connectivity index (χ1) is 4.66. The maximum atomic E-state index is 2.16. The van der Waals surface area contributed by atoms with Gasteiger partial charge in [0.25, 0.3) is 0 Å². The van der Waals surface area contributed by atoms with E-state index in [0.717, 1.165) is 6.42 Å². The molecule has 0 aromatic carbocycles.